The SMILES string of the molecule is CCCCS(C)(CCCC)C(C(=O)c1ccc(C)cc1)C(C)(C)C. The van der Waals surface area contributed by atoms with E-state index in [0.29, 0.717) is 5.78 Å². The molecule has 138 valence electrons. The van der Waals surface area contributed by atoms with Gasteiger partial charge in [0.15, 0.2) is 5.78 Å². The van der Waals surface area contributed by atoms with Gasteiger partial charge in [-0.15, -0.1) is 0 Å². The Hall–Kier alpha value is -0.760. The summed E-state index contributed by atoms with van der Waals surface area (Å²) in [5.74, 6) is 2.82. The molecular formula is C22H38OS. The van der Waals surface area contributed by atoms with Crippen LogP contribution in [0.4, 0.5) is 0 Å². The van der Waals surface area contributed by atoms with Crippen LogP contribution < -0.4 is 0 Å². The van der Waals surface area contributed by atoms with Crippen LogP contribution in [0.1, 0.15) is 76.2 Å². The molecule has 2 heteroatoms. The van der Waals surface area contributed by atoms with E-state index < -0.39 is 10.0 Å². The largest absolute Gasteiger partial charge is 0.293 e. The molecule has 0 bridgehead atoms. The molecule has 1 aromatic carbocycles. The van der Waals surface area contributed by atoms with Gasteiger partial charge in [0.2, 0.25) is 0 Å². The second-order valence-electron chi connectivity index (χ2n) is 8.44. The molecule has 0 aliphatic carbocycles. The van der Waals surface area contributed by atoms with E-state index in [4.69, 9.17) is 0 Å². The first-order valence-corrected chi connectivity index (χ1v) is 11.9. The minimum Gasteiger partial charge on any atom is -0.293 e. The zero-order valence-corrected chi connectivity index (χ0v) is 17.8. The Labute approximate surface area is 151 Å². The van der Waals surface area contributed by atoms with E-state index >= 15 is 0 Å². The van der Waals surface area contributed by atoms with Gasteiger partial charge in [0, 0.05) is 5.56 Å². The molecule has 1 unspecified atom stereocenters. The number of rotatable bonds is 9. The van der Waals surface area contributed by atoms with Gasteiger partial charge in [0.05, 0.1) is 5.25 Å². The molecule has 0 aliphatic rings. The Morgan fingerprint density at radius 3 is 1.83 bits per heavy atom. The molecule has 1 aromatic rings. The minimum atomic E-state index is -0.969. The van der Waals surface area contributed by atoms with Crippen molar-refractivity contribution in [1.29, 1.82) is 0 Å². The van der Waals surface area contributed by atoms with Crippen LogP contribution in [0.15, 0.2) is 24.3 Å². The molecule has 0 N–H and O–H groups in total. The van der Waals surface area contributed by atoms with E-state index in [1.165, 1.54) is 42.8 Å². The first-order chi connectivity index (χ1) is 11.2. The standard InChI is InChI=1S/C22H38OS/c1-8-10-16-24(7,17-11-9-2)21(22(4,5)6)20(23)19-14-12-18(3)13-15-19/h12-15,21H,8-11,16-17H2,1-7H3. The van der Waals surface area contributed by atoms with Gasteiger partial charge in [-0.25, -0.2) is 10.0 Å². The zero-order valence-electron chi connectivity index (χ0n) is 16.9. The minimum absolute atomic E-state index is 0.00748. The van der Waals surface area contributed by atoms with Gasteiger partial charge >= 0.3 is 0 Å². The second-order valence-corrected chi connectivity index (χ2v) is 12.4. The van der Waals surface area contributed by atoms with Crippen LogP contribution in [0.25, 0.3) is 0 Å². The molecule has 0 saturated heterocycles. The van der Waals surface area contributed by atoms with Gasteiger partial charge in [-0.05, 0) is 42.9 Å². The number of ketones is 1. The van der Waals surface area contributed by atoms with Crippen molar-refractivity contribution in [3.05, 3.63) is 35.4 Å². The highest BCUT2D eigenvalue weighted by Crippen LogP contribution is 2.57. The van der Waals surface area contributed by atoms with Crippen LogP contribution in [0, 0.1) is 12.3 Å². The van der Waals surface area contributed by atoms with Crippen molar-refractivity contribution in [2.45, 2.75) is 72.5 Å². The maximum absolute atomic E-state index is 13.5. The molecule has 0 saturated carbocycles. The number of aryl methyl sites for hydroxylation is 1. The summed E-state index contributed by atoms with van der Waals surface area (Å²) in [6.07, 6.45) is 7.35. The fourth-order valence-corrected chi connectivity index (χ4v) is 8.59. The molecule has 1 nitrogen and oxygen atoms in total. The molecule has 0 amide bonds. The third-order valence-corrected chi connectivity index (χ3v) is 9.36. The number of hydrogen-bond donors (Lipinski definition) is 0. The third-order valence-electron chi connectivity index (χ3n) is 4.86. The van der Waals surface area contributed by atoms with Crippen LogP contribution in [-0.2, 0) is 0 Å². The summed E-state index contributed by atoms with van der Waals surface area (Å²) in [6.45, 7) is 13.4. The van der Waals surface area contributed by atoms with Gasteiger partial charge in [0.1, 0.15) is 0 Å². The normalized spacial score (nSPS) is 14.5. The van der Waals surface area contributed by atoms with E-state index in [-0.39, 0.29) is 10.7 Å². The lowest BCUT2D eigenvalue weighted by Crippen LogP contribution is -2.41. The quantitative estimate of drug-likeness (QED) is 0.457. The summed E-state index contributed by atoms with van der Waals surface area (Å²) < 4.78 is 0. The number of benzene rings is 1. The maximum atomic E-state index is 13.5. The van der Waals surface area contributed by atoms with Crippen molar-refractivity contribution in [1.82, 2.24) is 0 Å². The average Bonchev–Trinajstić information content (AvgIpc) is 2.50. The number of carbonyl (C=O) groups excluding carboxylic acids is 1. The Kier molecular flexibility index (Phi) is 8.05. The Balaban J connectivity index is 3.25. The van der Waals surface area contributed by atoms with E-state index in [2.05, 4.69) is 59.9 Å². The average molecular weight is 351 g/mol. The number of unbranched alkanes of at least 4 members (excludes halogenated alkanes) is 2. The van der Waals surface area contributed by atoms with Crippen LogP contribution in [0.2, 0.25) is 0 Å². The summed E-state index contributed by atoms with van der Waals surface area (Å²) in [7, 11) is -0.969. The molecule has 0 heterocycles. The molecule has 0 spiro atoms. The lowest BCUT2D eigenvalue weighted by atomic mass is 9.87. The number of carbonyl (C=O) groups is 1. The summed E-state index contributed by atoms with van der Waals surface area (Å²) in [5, 5.41) is 0.144. The van der Waals surface area contributed by atoms with Crippen molar-refractivity contribution in [3.63, 3.8) is 0 Å². The predicted molar refractivity (Wildman–Crippen MR) is 112 cm³/mol. The fourth-order valence-electron chi connectivity index (χ4n) is 3.66. The molecule has 1 atom stereocenters. The number of hydrogen-bond acceptors (Lipinski definition) is 1. The van der Waals surface area contributed by atoms with Crippen LogP contribution in [0.3, 0.4) is 0 Å². The van der Waals surface area contributed by atoms with Crippen LogP contribution in [-0.4, -0.2) is 28.8 Å². The zero-order chi connectivity index (χ0) is 18.4. The lowest BCUT2D eigenvalue weighted by molar-refractivity contribution is 0.0948. The van der Waals surface area contributed by atoms with E-state index in [9.17, 15) is 4.79 Å². The molecule has 1 rings (SSSR count). The lowest BCUT2D eigenvalue weighted by Gasteiger charge is -2.49. The number of Topliss-reactive ketones (excluding diaryl/α,β-unsaturated/α-hetero) is 1. The van der Waals surface area contributed by atoms with Gasteiger partial charge in [-0.2, -0.15) is 0 Å². The molecular weight excluding hydrogens is 312 g/mol. The Morgan fingerprint density at radius 2 is 1.46 bits per heavy atom. The molecule has 0 radical (unpaired) electrons. The van der Waals surface area contributed by atoms with E-state index in [1.807, 2.05) is 12.1 Å². The van der Waals surface area contributed by atoms with Crippen LogP contribution >= 0.6 is 10.0 Å². The molecule has 0 aromatic heterocycles. The summed E-state index contributed by atoms with van der Waals surface area (Å²) in [4.78, 5) is 13.5. The van der Waals surface area contributed by atoms with Crippen molar-refractivity contribution in [2.75, 3.05) is 17.8 Å². The summed E-state index contributed by atoms with van der Waals surface area (Å²) in [5.41, 5.74) is 2.12. The maximum Gasteiger partial charge on any atom is 0.174 e. The van der Waals surface area contributed by atoms with Gasteiger partial charge in [0.25, 0.3) is 0 Å². The first kappa shape index (κ1) is 21.3. The van der Waals surface area contributed by atoms with E-state index in [1.54, 1.807) is 0 Å². The van der Waals surface area contributed by atoms with Gasteiger partial charge in [-0.1, -0.05) is 77.3 Å². The van der Waals surface area contributed by atoms with Crippen molar-refractivity contribution < 1.29 is 4.79 Å². The highest BCUT2D eigenvalue weighted by Gasteiger charge is 2.42. The monoisotopic (exact) mass is 350 g/mol. The van der Waals surface area contributed by atoms with Crippen molar-refractivity contribution in [2.24, 2.45) is 5.41 Å². The molecule has 0 aliphatic heterocycles. The summed E-state index contributed by atoms with van der Waals surface area (Å²) in [6, 6.07) is 8.18. The molecule has 24 heavy (non-hydrogen) atoms. The summed E-state index contributed by atoms with van der Waals surface area (Å²) >= 11 is 0. The fraction of sp³-hybridized carbons (Fsp3) is 0.682. The topological polar surface area (TPSA) is 17.1 Å². The van der Waals surface area contributed by atoms with Crippen molar-refractivity contribution >= 4 is 15.8 Å². The van der Waals surface area contributed by atoms with Gasteiger partial charge in [-0.3, -0.25) is 4.79 Å². The Morgan fingerprint density at radius 1 is 1.00 bits per heavy atom. The highest BCUT2D eigenvalue weighted by atomic mass is 32.3. The van der Waals surface area contributed by atoms with Crippen molar-refractivity contribution in [3.8, 4) is 0 Å². The van der Waals surface area contributed by atoms with E-state index in [0.717, 1.165) is 5.56 Å². The predicted octanol–water partition coefficient (Wildman–Crippen LogP) is 6.63. The van der Waals surface area contributed by atoms with Gasteiger partial charge < -0.3 is 0 Å². The molecule has 0 fully saturated rings. The third kappa shape index (κ3) is 5.65. The highest BCUT2D eigenvalue weighted by molar-refractivity contribution is 8.34. The van der Waals surface area contributed by atoms with Crippen LogP contribution in [0.5, 0.6) is 0 Å². The smallest absolute Gasteiger partial charge is 0.174 e. The first-order valence-electron chi connectivity index (χ1n) is 9.49. The Bertz CT molecular complexity index is 502. The second kappa shape index (κ2) is 9.08.